The highest BCUT2D eigenvalue weighted by molar-refractivity contribution is 6.31. The van der Waals surface area contributed by atoms with Gasteiger partial charge in [0.25, 0.3) is 11.8 Å². The zero-order valence-corrected chi connectivity index (χ0v) is 19.0. The molecule has 0 aliphatic carbocycles. The number of carbonyl (C=O) groups excluding carboxylic acids is 2. The summed E-state index contributed by atoms with van der Waals surface area (Å²) in [5.41, 5.74) is 5.26. The van der Waals surface area contributed by atoms with Gasteiger partial charge in [-0.25, -0.2) is 0 Å². The molecule has 34 heavy (non-hydrogen) atoms. The average molecular weight is 473 g/mol. The Morgan fingerprint density at radius 1 is 1.00 bits per heavy atom. The highest BCUT2D eigenvalue weighted by Crippen LogP contribution is 2.26. The minimum Gasteiger partial charge on any atom is -0.508 e. The Morgan fingerprint density at radius 2 is 1.74 bits per heavy atom. The third-order valence-corrected chi connectivity index (χ3v) is 5.28. The predicted octanol–water partition coefficient (Wildman–Crippen LogP) is 4.53. The lowest BCUT2D eigenvalue weighted by atomic mass is 10.1. The number of anilines is 1. The number of fused-ring (bicyclic) bond motifs is 1. The highest BCUT2D eigenvalue weighted by Gasteiger charge is 2.17. The Balaban J connectivity index is 1.62. The first-order valence-corrected chi connectivity index (χ1v) is 10.7. The summed E-state index contributed by atoms with van der Waals surface area (Å²) in [6.45, 7) is 0. The van der Waals surface area contributed by atoms with E-state index in [1.165, 1.54) is 18.2 Å². The van der Waals surface area contributed by atoms with E-state index in [0.717, 1.165) is 5.39 Å². The molecule has 1 heterocycles. The van der Waals surface area contributed by atoms with Crippen LogP contribution in [0.5, 0.6) is 5.75 Å². The van der Waals surface area contributed by atoms with E-state index in [1.807, 2.05) is 6.07 Å². The van der Waals surface area contributed by atoms with E-state index >= 15 is 0 Å². The largest absolute Gasteiger partial charge is 0.508 e. The summed E-state index contributed by atoms with van der Waals surface area (Å²) in [5.74, 6) is -0.855. The van der Waals surface area contributed by atoms with Gasteiger partial charge in [0.05, 0.1) is 11.2 Å². The number of aromatic hydroxyl groups is 1. The van der Waals surface area contributed by atoms with Crippen LogP contribution in [0, 0.1) is 0 Å². The lowest BCUT2D eigenvalue weighted by Crippen LogP contribution is -2.43. The number of hydrazine groups is 1. The van der Waals surface area contributed by atoms with Crippen molar-refractivity contribution in [1.82, 2.24) is 15.7 Å². The van der Waals surface area contributed by atoms with Crippen molar-refractivity contribution < 1.29 is 14.7 Å². The molecule has 7 nitrogen and oxygen atoms in total. The second kappa shape index (κ2) is 10.1. The Bertz CT molecular complexity index is 1370. The number of aromatic nitrogens is 1. The predicted molar refractivity (Wildman–Crippen MR) is 133 cm³/mol. The SMILES string of the molecule is CN(NC(=O)/C(=C\c1ccc(O)cc1)NC(=O)c1ccccc1)c1ccnc2cc(Cl)ccc12. The quantitative estimate of drug-likeness (QED) is 0.283. The van der Waals surface area contributed by atoms with E-state index in [9.17, 15) is 14.7 Å². The van der Waals surface area contributed by atoms with Crippen LogP contribution in [0.1, 0.15) is 15.9 Å². The number of hydrogen-bond acceptors (Lipinski definition) is 5. The first-order valence-electron chi connectivity index (χ1n) is 10.4. The molecule has 0 saturated heterocycles. The number of halogens is 1. The van der Waals surface area contributed by atoms with Crippen LogP contribution in [0.25, 0.3) is 17.0 Å². The molecule has 0 unspecified atom stereocenters. The lowest BCUT2D eigenvalue weighted by molar-refractivity contribution is -0.117. The van der Waals surface area contributed by atoms with E-state index in [-0.39, 0.29) is 11.4 Å². The average Bonchev–Trinajstić information content (AvgIpc) is 2.84. The van der Waals surface area contributed by atoms with Crippen LogP contribution in [0.4, 0.5) is 5.69 Å². The molecule has 0 atom stereocenters. The van der Waals surface area contributed by atoms with Crippen molar-refractivity contribution in [2.24, 2.45) is 0 Å². The molecule has 4 aromatic rings. The number of phenols is 1. The summed E-state index contributed by atoms with van der Waals surface area (Å²) in [4.78, 5) is 30.3. The number of nitrogens with zero attached hydrogens (tertiary/aromatic N) is 2. The number of carbonyl (C=O) groups is 2. The van der Waals surface area contributed by atoms with Gasteiger partial charge in [-0.1, -0.05) is 41.9 Å². The zero-order chi connectivity index (χ0) is 24.1. The normalized spacial score (nSPS) is 11.2. The monoisotopic (exact) mass is 472 g/mol. The van der Waals surface area contributed by atoms with Crippen molar-refractivity contribution in [2.45, 2.75) is 0 Å². The van der Waals surface area contributed by atoms with Crippen LogP contribution < -0.4 is 15.8 Å². The molecule has 170 valence electrons. The number of phenolic OH excluding ortho intramolecular Hbond substituents is 1. The molecule has 2 amide bonds. The second-order valence-corrected chi connectivity index (χ2v) is 7.90. The fraction of sp³-hybridized carbons (Fsp3) is 0.0385. The molecule has 0 aliphatic rings. The molecule has 0 radical (unpaired) electrons. The van der Waals surface area contributed by atoms with Gasteiger partial charge in [-0.15, -0.1) is 0 Å². The minimum atomic E-state index is -0.529. The first-order chi connectivity index (χ1) is 16.4. The van der Waals surface area contributed by atoms with Gasteiger partial charge in [0.2, 0.25) is 0 Å². The summed E-state index contributed by atoms with van der Waals surface area (Å²) in [6, 6.07) is 22.0. The van der Waals surface area contributed by atoms with E-state index in [0.29, 0.717) is 27.4 Å². The second-order valence-electron chi connectivity index (χ2n) is 7.46. The van der Waals surface area contributed by atoms with E-state index in [4.69, 9.17) is 11.6 Å². The summed E-state index contributed by atoms with van der Waals surface area (Å²) in [6.07, 6.45) is 3.16. The third kappa shape index (κ3) is 5.33. The van der Waals surface area contributed by atoms with Crippen molar-refractivity contribution in [1.29, 1.82) is 0 Å². The van der Waals surface area contributed by atoms with Gasteiger partial charge in [-0.2, -0.15) is 0 Å². The van der Waals surface area contributed by atoms with E-state index < -0.39 is 11.8 Å². The molecule has 0 aliphatic heterocycles. The van der Waals surface area contributed by atoms with Gasteiger partial charge >= 0.3 is 0 Å². The Morgan fingerprint density at radius 3 is 2.47 bits per heavy atom. The number of nitrogens with one attached hydrogen (secondary N) is 2. The Kier molecular flexibility index (Phi) is 6.75. The van der Waals surface area contributed by atoms with Crippen LogP contribution in [-0.4, -0.2) is 29.0 Å². The minimum absolute atomic E-state index is 0.0350. The van der Waals surface area contributed by atoms with Crippen LogP contribution in [-0.2, 0) is 4.79 Å². The highest BCUT2D eigenvalue weighted by atomic mass is 35.5. The van der Waals surface area contributed by atoms with Crippen molar-refractivity contribution in [2.75, 3.05) is 12.1 Å². The smallest absolute Gasteiger partial charge is 0.286 e. The number of rotatable bonds is 6. The Hall–Kier alpha value is -4.36. The molecule has 1 aromatic heterocycles. The molecule has 0 spiro atoms. The van der Waals surface area contributed by atoms with Gasteiger partial charge in [0.15, 0.2) is 0 Å². The van der Waals surface area contributed by atoms with E-state index in [1.54, 1.807) is 78.9 Å². The van der Waals surface area contributed by atoms with Gasteiger partial charge in [-0.3, -0.25) is 25.0 Å². The summed E-state index contributed by atoms with van der Waals surface area (Å²) >= 11 is 6.08. The molecule has 0 saturated carbocycles. The molecule has 4 rings (SSSR count). The maximum Gasteiger partial charge on any atom is 0.286 e. The standard InChI is InChI=1S/C26H21ClN4O3/c1-31(24-13-14-28-22-16-19(27)9-12-21(22)24)30-26(34)23(15-17-7-10-20(32)11-8-17)29-25(33)18-5-3-2-4-6-18/h2-16,32H,1H3,(H,29,33)(H,30,34)/b23-15+. The van der Waals surface area contributed by atoms with Crippen LogP contribution in [0.15, 0.2) is 90.8 Å². The summed E-state index contributed by atoms with van der Waals surface area (Å²) < 4.78 is 0. The molecular formula is C26H21ClN4O3. The topological polar surface area (TPSA) is 94.6 Å². The number of pyridine rings is 1. The van der Waals surface area contributed by atoms with Gasteiger partial charge in [0, 0.05) is 29.2 Å². The molecule has 3 aromatic carbocycles. The van der Waals surface area contributed by atoms with Crippen molar-refractivity contribution in [3.8, 4) is 5.75 Å². The van der Waals surface area contributed by atoms with Gasteiger partial charge < -0.3 is 10.4 Å². The van der Waals surface area contributed by atoms with Crippen LogP contribution >= 0.6 is 11.6 Å². The Labute approximate surface area is 201 Å². The third-order valence-electron chi connectivity index (χ3n) is 5.05. The fourth-order valence-corrected chi connectivity index (χ4v) is 3.52. The van der Waals surface area contributed by atoms with Crippen LogP contribution in [0.3, 0.4) is 0 Å². The number of amides is 2. The van der Waals surface area contributed by atoms with Gasteiger partial charge in [0.1, 0.15) is 11.4 Å². The number of hydrogen-bond donors (Lipinski definition) is 3. The maximum absolute atomic E-state index is 13.2. The van der Waals surface area contributed by atoms with Crippen LogP contribution in [0.2, 0.25) is 5.02 Å². The first kappa shape index (κ1) is 22.8. The van der Waals surface area contributed by atoms with Crippen molar-refractivity contribution in [3.05, 3.63) is 107 Å². The zero-order valence-electron chi connectivity index (χ0n) is 18.2. The molecule has 0 fully saturated rings. The fourth-order valence-electron chi connectivity index (χ4n) is 3.35. The molecule has 3 N–H and O–H groups in total. The summed E-state index contributed by atoms with van der Waals surface area (Å²) in [7, 11) is 1.69. The number of benzene rings is 3. The summed E-state index contributed by atoms with van der Waals surface area (Å²) in [5, 5.41) is 15.2. The molecule has 8 heteroatoms. The van der Waals surface area contributed by atoms with Gasteiger partial charge in [-0.05, 0) is 60.2 Å². The molecule has 0 bridgehead atoms. The van der Waals surface area contributed by atoms with E-state index in [2.05, 4.69) is 15.7 Å². The molecular weight excluding hydrogens is 452 g/mol. The van der Waals surface area contributed by atoms with Crippen molar-refractivity contribution >= 4 is 46.1 Å². The lowest BCUT2D eigenvalue weighted by Gasteiger charge is -2.23. The maximum atomic E-state index is 13.2. The van der Waals surface area contributed by atoms with Crippen molar-refractivity contribution in [3.63, 3.8) is 0 Å².